The minimum Gasteiger partial charge on any atom is -0.482 e. The molecule has 1 fully saturated rings. The quantitative estimate of drug-likeness (QED) is 0.300. The Balaban J connectivity index is 1.81. The number of nitrogens with one attached hydrogen (secondary N) is 1. The number of hydrogen-bond donors (Lipinski definition) is 4. The molecule has 3 rings (SSSR count). The lowest BCUT2D eigenvalue weighted by molar-refractivity contribution is 0.227. The molecule has 1 atom stereocenters. The van der Waals surface area contributed by atoms with E-state index < -0.39 is 11.9 Å². The molecule has 1 aromatic heterocycles. The van der Waals surface area contributed by atoms with E-state index in [0.29, 0.717) is 16.8 Å². The minimum atomic E-state index is -0.675. The molecule has 7 N–H and O–H groups in total. The van der Waals surface area contributed by atoms with Crippen molar-refractivity contribution >= 4 is 34.7 Å². The third-order valence-electron chi connectivity index (χ3n) is 5.02. The van der Waals surface area contributed by atoms with E-state index in [1.165, 1.54) is 18.3 Å². The van der Waals surface area contributed by atoms with Crippen molar-refractivity contribution in [3.63, 3.8) is 0 Å². The lowest BCUT2D eigenvalue weighted by Gasteiger charge is -2.30. The van der Waals surface area contributed by atoms with Crippen LogP contribution < -0.4 is 27.4 Å². The van der Waals surface area contributed by atoms with Crippen LogP contribution in [-0.2, 0) is 0 Å². The first-order chi connectivity index (χ1) is 14.3. The Kier molecular flexibility index (Phi) is 7.25. The molecule has 1 aliphatic rings. The predicted molar refractivity (Wildman–Crippen MR) is 118 cm³/mol. The van der Waals surface area contributed by atoms with Crippen molar-refractivity contribution in [3.05, 3.63) is 57.6 Å². The molecule has 1 saturated heterocycles. The third-order valence-corrected chi connectivity index (χ3v) is 5.74. The van der Waals surface area contributed by atoms with Crippen LogP contribution in [0.4, 0.5) is 10.2 Å². The smallest absolute Gasteiger partial charge is 0.166 e. The molecule has 0 saturated carbocycles. The predicted octanol–water partition coefficient (Wildman–Crippen LogP) is 3.43. The van der Waals surface area contributed by atoms with Crippen molar-refractivity contribution in [2.45, 2.75) is 31.9 Å². The lowest BCUT2D eigenvalue weighted by Crippen LogP contribution is -2.44. The number of rotatable bonds is 6. The van der Waals surface area contributed by atoms with E-state index in [4.69, 9.17) is 45.2 Å². The molecule has 0 bridgehead atoms. The maximum Gasteiger partial charge on any atom is 0.166 e. The normalized spacial score (nSPS) is 16.4. The van der Waals surface area contributed by atoms with E-state index in [0.717, 1.165) is 25.9 Å². The molecule has 30 heavy (non-hydrogen) atoms. The maximum absolute atomic E-state index is 13.9. The minimum absolute atomic E-state index is 0.0992. The van der Waals surface area contributed by atoms with Gasteiger partial charge in [-0.25, -0.2) is 15.2 Å². The van der Waals surface area contributed by atoms with Gasteiger partial charge in [-0.15, -0.1) is 0 Å². The van der Waals surface area contributed by atoms with Crippen LogP contribution >= 0.6 is 23.2 Å². The average Bonchev–Trinajstić information content (AvgIpc) is 2.73. The fourth-order valence-electron chi connectivity index (χ4n) is 3.32. The molecule has 10 heteroatoms. The van der Waals surface area contributed by atoms with Crippen LogP contribution in [0.1, 0.15) is 37.0 Å². The fourth-order valence-corrected chi connectivity index (χ4v) is 4.00. The summed E-state index contributed by atoms with van der Waals surface area (Å²) in [7, 11) is 0. The van der Waals surface area contributed by atoms with Gasteiger partial charge in [0.2, 0.25) is 0 Å². The lowest BCUT2D eigenvalue weighted by atomic mass is 10.1. The molecule has 0 radical (unpaired) electrons. The second-order valence-corrected chi connectivity index (χ2v) is 7.92. The van der Waals surface area contributed by atoms with E-state index in [2.05, 4.69) is 10.3 Å². The van der Waals surface area contributed by atoms with Gasteiger partial charge in [0.25, 0.3) is 0 Å². The van der Waals surface area contributed by atoms with Gasteiger partial charge in [-0.05, 0) is 51.1 Å². The second-order valence-electron chi connectivity index (χ2n) is 7.14. The number of anilines is 1. The zero-order valence-corrected chi connectivity index (χ0v) is 18.1. The highest BCUT2D eigenvalue weighted by Crippen LogP contribution is 2.36. The van der Waals surface area contributed by atoms with E-state index >= 15 is 0 Å². The molecule has 2 aromatic rings. The molecule has 1 aromatic carbocycles. The van der Waals surface area contributed by atoms with Crippen molar-refractivity contribution in [3.8, 4) is 5.75 Å². The zero-order valence-electron chi connectivity index (χ0n) is 16.5. The highest BCUT2D eigenvalue weighted by molar-refractivity contribution is 6.36. The summed E-state index contributed by atoms with van der Waals surface area (Å²) >= 11 is 12.3. The van der Waals surface area contributed by atoms with Gasteiger partial charge in [-0.1, -0.05) is 23.2 Å². The molecule has 1 unspecified atom stereocenters. The monoisotopic (exact) mass is 454 g/mol. The first kappa shape index (κ1) is 22.4. The summed E-state index contributed by atoms with van der Waals surface area (Å²) in [6.45, 7) is 3.52. The van der Waals surface area contributed by atoms with Gasteiger partial charge < -0.3 is 26.5 Å². The molecule has 0 amide bonds. The van der Waals surface area contributed by atoms with E-state index in [9.17, 15) is 4.39 Å². The van der Waals surface area contributed by atoms with Crippen molar-refractivity contribution < 1.29 is 9.13 Å². The Hall–Kier alpha value is -2.26. The van der Waals surface area contributed by atoms with Crippen LogP contribution in [0.5, 0.6) is 5.75 Å². The Bertz CT molecular complexity index is 936. The summed E-state index contributed by atoms with van der Waals surface area (Å²) in [6.07, 6.45) is 4.40. The number of nitrogens with two attached hydrogens (primary N) is 3. The van der Waals surface area contributed by atoms with Crippen LogP contribution in [0.2, 0.25) is 10.0 Å². The number of nitrogen functional groups attached to an aromatic ring is 1. The van der Waals surface area contributed by atoms with Gasteiger partial charge in [0.15, 0.2) is 11.6 Å². The SMILES string of the molecule is CC(Oc1cc(/C(N)=C/N(N)C2CCNCC2)cnc1N)c1c(Cl)ccc(F)c1Cl. The Morgan fingerprint density at radius 2 is 2.07 bits per heavy atom. The molecule has 1 aliphatic heterocycles. The third kappa shape index (κ3) is 5.07. The number of hydrogen-bond acceptors (Lipinski definition) is 7. The van der Waals surface area contributed by atoms with Crippen LogP contribution in [-0.4, -0.2) is 29.1 Å². The Labute approximate surface area is 184 Å². The van der Waals surface area contributed by atoms with E-state index in [1.54, 1.807) is 24.2 Å². The van der Waals surface area contributed by atoms with Gasteiger partial charge in [-0.2, -0.15) is 0 Å². The standard InChI is InChI=1S/C20H25Cl2FN6O/c1-11(18-14(21)2-3-15(23)19(18)22)30-17-8-12(9-28-20(17)25)16(24)10-29(26)13-4-6-27-7-5-13/h2-3,8-11,13,27H,4-7,24,26H2,1H3,(H2,25,28)/b16-10-. The first-order valence-electron chi connectivity index (χ1n) is 9.55. The topological polar surface area (TPSA) is 115 Å². The number of nitrogens with zero attached hydrogens (tertiary/aromatic N) is 2. The summed E-state index contributed by atoms with van der Waals surface area (Å²) in [5, 5.41) is 5.11. The average molecular weight is 455 g/mol. The molecule has 7 nitrogen and oxygen atoms in total. The number of aromatic nitrogens is 1. The largest absolute Gasteiger partial charge is 0.482 e. The Morgan fingerprint density at radius 1 is 1.37 bits per heavy atom. The van der Waals surface area contributed by atoms with Gasteiger partial charge in [0.1, 0.15) is 11.9 Å². The number of ether oxygens (including phenoxy) is 1. The van der Waals surface area contributed by atoms with Crippen LogP contribution in [0, 0.1) is 5.82 Å². The summed E-state index contributed by atoms with van der Waals surface area (Å²) in [5.74, 6) is 6.02. The zero-order chi connectivity index (χ0) is 21.8. The molecule has 0 spiro atoms. The van der Waals surface area contributed by atoms with Crippen molar-refractivity contribution in [1.29, 1.82) is 0 Å². The number of benzene rings is 1. The number of hydrazine groups is 1. The summed E-state index contributed by atoms with van der Waals surface area (Å²) in [4.78, 5) is 4.15. The highest BCUT2D eigenvalue weighted by Gasteiger charge is 2.21. The van der Waals surface area contributed by atoms with Crippen molar-refractivity contribution in [1.82, 2.24) is 15.3 Å². The number of piperidine rings is 1. The molecule has 2 heterocycles. The van der Waals surface area contributed by atoms with Gasteiger partial charge in [0.05, 0.1) is 10.7 Å². The van der Waals surface area contributed by atoms with Gasteiger partial charge >= 0.3 is 0 Å². The molecule has 0 aliphatic carbocycles. The fraction of sp³-hybridized carbons (Fsp3) is 0.350. The second kappa shape index (κ2) is 9.70. The van der Waals surface area contributed by atoms with Crippen LogP contribution in [0.25, 0.3) is 5.70 Å². The van der Waals surface area contributed by atoms with Crippen LogP contribution in [0.15, 0.2) is 30.6 Å². The van der Waals surface area contributed by atoms with Gasteiger partial charge in [0, 0.05) is 34.6 Å². The molecular formula is C20H25Cl2FN6O. The summed E-state index contributed by atoms with van der Waals surface area (Å²) < 4.78 is 19.8. The molecule has 162 valence electrons. The van der Waals surface area contributed by atoms with Gasteiger partial charge in [-0.3, -0.25) is 0 Å². The maximum atomic E-state index is 13.9. The van der Waals surface area contributed by atoms with Crippen molar-refractivity contribution in [2.75, 3.05) is 18.8 Å². The van der Waals surface area contributed by atoms with Crippen LogP contribution in [0.3, 0.4) is 0 Å². The molecular weight excluding hydrogens is 430 g/mol. The van der Waals surface area contributed by atoms with Crippen molar-refractivity contribution in [2.24, 2.45) is 11.6 Å². The number of halogens is 3. The van der Waals surface area contributed by atoms with E-state index in [1.807, 2.05) is 0 Å². The summed E-state index contributed by atoms with van der Waals surface area (Å²) in [5.41, 5.74) is 13.5. The highest BCUT2D eigenvalue weighted by atomic mass is 35.5. The first-order valence-corrected chi connectivity index (χ1v) is 10.3. The number of pyridine rings is 1. The Morgan fingerprint density at radius 3 is 2.77 bits per heavy atom. The summed E-state index contributed by atoms with van der Waals surface area (Å²) in [6, 6.07) is 4.48. The van der Waals surface area contributed by atoms with E-state index in [-0.39, 0.29) is 27.7 Å².